The number of carbonyl (C=O) groups is 2. The number of aromatic nitrogens is 1. The van der Waals surface area contributed by atoms with Crippen LogP contribution in [0.25, 0.3) is 0 Å². The van der Waals surface area contributed by atoms with E-state index < -0.39 is 18.5 Å². The summed E-state index contributed by atoms with van der Waals surface area (Å²) in [5.41, 5.74) is 0.523. The van der Waals surface area contributed by atoms with Gasteiger partial charge in [-0.25, -0.2) is 4.79 Å². The zero-order valence-corrected chi connectivity index (χ0v) is 13.6. The van der Waals surface area contributed by atoms with Gasteiger partial charge in [-0.15, -0.1) is 0 Å². The second-order valence-electron chi connectivity index (χ2n) is 3.95. The van der Waals surface area contributed by atoms with E-state index in [0.717, 1.165) is 0 Å². The first-order valence-corrected chi connectivity index (χ1v) is 7.27. The molecule has 0 atom stereocenters. The van der Waals surface area contributed by atoms with E-state index in [1.54, 1.807) is 30.5 Å². The third-order valence-corrected chi connectivity index (χ3v) is 3.52. The Balaban J connectivity index is 1.92. The zero-order chi connectivity index (χ0) is 15.4. The van der Waals surface area contributed by atoms with Crippen molar-refractivity contribution in [1.29, 1.82) is 0 Å². The third-order valence-electron chi connectivity index (χ3n) is 2.43. The highest BCUT2D eigenvalue weighted by molar-refractivity contribution is 9.10. The molecule has 1 aromatic carbocycles. The summed E-state index contributed by atoms with van der Waals surface area (Å²) in [7, 11) is 0. The van der Waals surface area contributed by atoms with Gasteiger partial charge in [-0.1, -0.05) is 29.3 Å². The standard InChI is InChI=1S/C13H9BrCl2N2O3/c14-7-4-10(17-5-7)13(20)21-6-11(19)18-12-8(15)2-1-3-9(12)16/h1-5,17H,6H2,(H,18,19). The van der Waals surface area contributed by atoms with E-state index in [9.17, 15) is 9.59 Å². The van der Waals surface area contributed by atoms with Gasteiger partial charge in [0.15, 0.2) is 6.61 Å². The summed E-state index contributed by atoms with van der Waals surface area (Å²) in [6.45, 7) is -0.447. The normalized spacial score (nSPS) is 10.2. The first kappa shape index (κ1) is 15.9. The molecular weight excluding hydrogens is 383 g/mol. The first-order chi connectivity index (χ1) is 9.97. The maximum absolute atomic E-state index is 11.7. The van der Waals surface area contributed by atoms with Crippen LogP contribution in [0.3, 0.4) is 0 Å². The van der Waals surface area contributed by atoms with E-state index in [1.807, 2.05) is 0 Å². The van der Waals surface area contributed by atoms with E-state index >= 15 is 0 Å². The molecule has 0 aliphatic carbocycles. The number of hydrogen-bond donors (Lipinski definition) is 2. The molecule has 0 unspecified atom stereocenters. The number of anilines is 1. The van der Waals surface area contributed by atoms with Gasteiger partial charge in [-0.05, 0) is 34.1 Å². The van der Waals surface area contributed by atoms with Gasteiger partial charge in [0.2, 0.25) is 0 Å². The number of amides is 1. The molecule has 21 heavy (non-hydrogen) atoms. The van der Waals surface area contributed by atoms with Crippen LogP contribution >= 0.6 is 39.1 Å². The molecule has 1 heterocycles. The third kappa shape index (κ3) is 4.23. The minimum Gasteiger partial charge on any atom is -0.451 e. The lowest BCUT2D eigenvalue weighted by Gasteiger charge is -2.09. The number of halogens is 3. The number of hydrogen-bond acceptors (Lipinski definition) is 3. The largest absolute Gasteiger partial charge is 0.451 e. The molecule has 8 heteroatoms. The number of ether oxygens (including phenoxy) is 1. The molecule has 0 aliphatic rings. The molecule has 0 fully saturated rings. The smallest absolute Gasteiger partial charge is 0.355 e. The highest BCUT2D eigenvalue weighted by Gasteiger charge is 2.14. The first-order valence-electron chi connectivity index (χ1n) is 5.72. The van der Waals surface area contributed by atoms with E-state index in [0.29, 0.717) is 14.5 Å². The fourth-order valence-electron chi connectivity index (χ4n) is 1.49. The number of nitrogens with one attached hydrogen (secondary N) is 2. The van der Waals surface area contributed by atoms with Crippen LogP contribution in [0.15, 0.2) is 34.9 Å². The maximum Gasteiger partial charge on any atom is 0.355 e. The van der Waals surface area contributed by atoms with Crippen molar-refractivity contribution in [1.82, 2.24) is 4.98 Å². The highest BCUT2D eigenvalue weighted by atomic mass is 79.9. The Morgan fingerprint density at radius 1 is 1.29 bits per heavy atom. The van der Waals surface area contributed by atoms with Crippen LogP contribution in [0.2, 0.25) is 10.0 Å². The molecule has 0 saturated heterocycles. The lowest BCUT2D eigenvalue weighted by atomic mass is 10.3. The predicted octanol–water partition coefficient (Wildman–Crippen LogP) is 3.88. The number of benzene rings is 1. The van der Waals surface area contributed by atoms with Gasteiger partial charge in [0, 0.05) is 10.7 Å². The Morgan fingerprint density at radius 2 is 1.95 bits per heavy atom. The summed E-state index contributed by atoms with van der Waals surface area (Å²) in [5.74, 6) is -1.18. The minimum absolute atomic E-state index is 0.241. The number of esters is 1. The summed E-state index contributed by atoms with van der Waals surface area (Å²) >= 11 is 15.0. The van der Waals surface area contributed by atoms with Crippen molar-refractivity contribution < 1.29 is 14.3 Å². The Kier molecular flexibility index (Phi) is 5.27. The summed E-state index contributed by atoms with van der Waals surface area (Å²) in [6.07, 6.45) is 1.58. The van der Waals surface area contributed by atoms with Crippen molar-refractivity contribution in [2.24, 2.45) is 0 Å². The van der Waals surface area contributed by atoms with Crippen molar-refractivity contribution in [2.45, 2.75) is 0 Å². The fraction of sp³-hybridized carbons (Fsp3) is 0.0769. The topological polar surface area (TPSA) is 71.2 Å². The van der Waals surface area contributed by atoms with Gasteiger partial charge in [-0.3, -0.25) is 4.79 Å². The SMILES string of the molecule is O=C(COC(=O)c1cc(Br)c[nH]1)Nc1c(Cl)cccc1Cl. The average Bonchev–Trinajstić information content (AvgIpc) is 2.87. The lowest BCUT2D eigenvalue weighted by molar-refractivity contribution is -0.119. The molecule has 0 radical (unpaired) electrons. The van der Waals surface area contributed by atoms with Crippen LogP contribution in [-0.2, 0) is 9.53 Å². The molecule has 2 rings (SSSR count). The molecule has 0 spiro atoms. The predicted molar refractivity (Wildman–Crippen MR) is 83.9 cm³/mol. The van der Waals surface area contributed by atoms with Crippen LogP contribution in [-0.4, -0.2) is 23.5 Å². The van der Waals surface area contributed by atoms with Gasteiger partial charge in [0.05, 0.1) is 15.7 Å². The van der Waals surface area contributed by atoms with Crippen LogP contribution in [0.4, 0.5) is 5.69 Å². The van der Waals surface area contributed by atoms with E-state index in [-0.39, 0.29) is 11.4 Å². The Bertz CT molecular complexity index is 668. The van der Waals surface area contributed by atoms with E-state index in [4.69, 9.17) is 27.9 Å². The molecule has 0 aliphatic heterocycles. The number of carbonyl (C=O) groups excluding carboxylic acids is 2. The molecule has 2 N–H and O–H groups in total. The molecular formula is C13H9BrCl2N2O3. The van der Waals surface area contributed by atoms with Gasteiger partial charge in [0.25, 0.3) is 5.91 Å². The van der Waals surface area contributed by atoms with Crippen molar-refractivity contribution in [3.05, 3.63) is 50.7 Å². The molecule has 5 nitrogen and oxygen atoms in total. The number of rotatable bonds is 4. The molecule has 1 aromatic heterocycles. The van der Waals surface area contributed by atoms with Crippen LogP contribution in [0.5, 0.6) is 0 Å². The number of para-hydroxylation sites is 1. The van der Waals surface area contributed by atoms with E-state index in [2.05, 4.69) is 26.2 Å². The average molecular weight is 392 g/mol. The van der Waals surface area contributed by atoms with Crippen LogP contribution < -0.4 is 5.32 Å². The number of H-pyrrole nitrogens is 1. The Hall–Kier alpha value is -1.50. The number of aromatic amines is 1. The molecule has 1 amide bonds. The minimum atomic E-state index is -0.638. The Morgan fingerprint density at radius 3 is 2.52 bits per heavy atom. The zero-order valence-electron chi connectivity index (χ0n) is 10.5. The lowest BCUT2D eigenvalue weighted by Crippen LogP contribution is -2.21. The summed E-state index contributed by atoms with van der Waals surface area (Å²) < 4.78 is 5.58. The second kappa shape index (κ2) is 6.98. The Labute approximate surface area is 138 Å². The van der Waals surface area contributed by atoms with Crippen LogP contribution in [0, 0.1) is 0 Å². The highest BCUT2D eigenvalue weighted by Crippen LogP contribution is 2.29. The summed E-state index contributed by atoms with van der Waals surface area (Å²) in [6, 6.07) is 6.38. The molecule has 0 saturated carbocycles. The monoisotopic (exact) mass is 390 g/mol. The molecule has 110 valence electrons. The molecule has 2 aromatic rings. The van der Waals surface area contributed by atoms with Crippen molar-refractivity contribution in [2.75, 3.05) is 11.9 Å². The fourth-order valence-corrected chi connectivity index (χ4v) is 2.32. The quantitative estimate of drug-likeness (QED) is 0.777. The summed E-state index contributed by atoms with van der Waals surface area (Å²) in [4.78, 5) is 26.1. The van der Waals surface area contributed by atoms with Gasteiger partial charge < -0.3 is 15.0 Å². The van der Waals surface area contributed by atoms with Crippen molar-refractivity contribution in [3.8, 4) is 0 Å². The van der Waals surface area contributed by atoms with Crippen molar-refractivity contribution >= 4 is 56.7 Å². The molecule has 0 bridgehead atoms. The van der Waals surface area contributed by atoms with Gasteiger partial charge >= 0.3 is 5.97 Å². The van der Waals surface area contributed by atoms with Gasteiger partial charge in [0.1, 0.15) is 5.69 Å². The summed E-state index contributed by atoms with van der Waals surface area (Å²) in [5, 5.41) is 3.09. The van der Waals surface area contributed by atoms with Crippen LogP contribution in [0.1, 0.15) is 10.5 Å². The van der Waals surface area contributed by atoms with E-state index in [1.165, 1.54) is 0 Å². The van der Waals surface area contributed by atoms with Crippen molar-refractivity contribution in [3.63, 3.8) is 0 Å². The maximum atomic E-state index is 11.7. The second-order valence-corrected chi connectivity index (χ2v) is 5.68. The van der Waals surface area contributed by atoms with Gasteiger partial charge in [-0.2, -0.15) is 0 Å².